The van der Waals surface area contributed by atoms with Crippen molar-refractivity contribution >= 4 is 23.2 Å². The molecule has 0 saturated carbocycles. The lowest BCUT2D eigenvalue weighted by atomic mass is 10.2. The van der Waals surface area contributed by atoms with E-state index in [1.807, 2.05) is 6.92 Å². The molecule has 0 aliphatic carbocycles. The highest BCUT2D eigenvalue weighted by Gasteiger charge is 2.16. The Morgan fingerprint density at radius 3 is 2.46 bits per heavy atom. The van der Waals surface area contributed by atoms with Crippen LogP contribution in [0.3, 0.4) is 0 Å². The Hall–Kier alpha value is -3.42. The van der Waals surface area contributed by atoms with Crippen molar-refractivity contribution in [1.29, 1.82) is 0 Å². The number of aromatic nitrogens is 4. The fourth-order valence-corrected chi connectivity index (χ4v) is 2.57. The lowest BCUT2D eigenvalue weighted by Crippen LogP contribution is -2.24. The molecule has 1 unspecified atom stereocenters. The maximum absolute atomic E-state index is 12.4. The fraction of sp³-hybridized carbons (Fsp3) is 0.222. The largest absolute Gasteiger partial charge is 0.324 e. The Morgan fingerprint density at radius 2 is 1.85 bits per heavy atom. The third kappa shape index (κ3) is 3.80. The number of rotatable bonds is 5. The van der Waals surface area contributed by atoms with Gasteiger partial charge in [-0.3, -0.25) is 19.0 Å². The molecule has 1 aromatic carbocycles. The number of benzene rings is 1. The van der Waals surface area contributed by atoms with Gasteiger partial charge in [0, 0.05) is 30.8 Å². The minimum atomic E-state index is -0.444. The third-order valence-electron chi connectivity index (χ3n) is 3.92. The molecule has 0 saturated heterocycles. The van der Waals surface area contributed by atoms with Gasteiger partial charge in [-0.15, -0.1) is 0 Å². The van der Waals surface area contributed by atoms with Crippen LogP contribution in [0, 0.1) is 6.92 Å². The first kappa shape index (κ1) is 17.4. The Bertz CT molecular complexity index is 929. The van der Waals surface area contributed by atoms with E-state index in [-0.39, 0.29) is 11.8 Å². The molecule has 2 heterocycles. The van der Waals surface area contributed by atoms with E-state index in [1.54, 1.807) is 67.4 Å². The van der Waals surface area contributed by atoms with Crippen molar-refractivity contribution in [2.24, 2.45) is 7.05 Å². The molecule has 2 N–H and O–H groups in total. The lowest BCUT2D eigenvalue weighted by Gasteiger charge is -2.13. The van der Waals surface area contributed by atoms with Crippen LogP contribution in [-0.4, -0.2) is 31.4 Å². The van der Waals surface area contributed by atoms with Crippen molar-refractivity contribution in [3.05, 3.63) is 60.2 Å². The quantitative estimate of drug-likeness (QED) is 0.737. The molecule has 8 heteroatoms. The fourth-order valence-electron chi connectivity index (χ4n) is 2.57. The number of nitrogens with zero attached hydrogens (tertiary/aromatic N) is 4. The van der Waals surface area contributed by atoms with E-state index >= 15 is 0 Å². The monoisotopic (exact) mass is 352 g/mol. The number of carbonyl (C=O) groups is 2. The van der Waals surface area contributed by atoms with Crippen LogP contribution in [0.25, 0.3) is 0 Å². The second-order valence-corrected chi connectivity index (χ2v) is 5.98. The highest BCUT2D eigenvalue weighted by atomic mass is 16.2. The Morgan fingerprint density at radius 1 is 1.12 bits per heavy atom. The van der Waals surface area contributed by atoms with Crippen LogP contribution in [0.1, 0.15) is 29.1 Å². The summed E-state index contributed by atoms with van der Waals surface area (Å²) in [5, 5.41) is 13.9. The zero-order valence-corrected chi connectivity index (χ0v) is 14.8. The molecule has 0 radical (unpaired) electrons. The molecule has 2 aromatic heterocycles. The average molecular weight is 352 g/mol. The van der Waals surface area contributed by atoms with Gasteiger partial charge < -0.3 is 10.6 Å². The van der Waals surface area contributed by atoms with Gasteiger partial charge in [0.2, 0.25) is 5.91 Å². The molecular weight excluding hydrogens is 332 g/mol. The number of amides is 2. The number of carbonyl (C=O) groups excluding carboxylic acids is 2. The van der Waals surface area contributed by atoms with Crippen LogP contribution < -0.4 is 10.6 Å². The number of anilines is 2. The Labute approximate surface area is 150 Å². The first-order valence-corrected chi connectivity index (χ1v) is 8.16. The molecule has 0 aliphatic heterocycles. The summed E-state index contributed by atoms with van der Waals surface area (Å²) in [4.78, 5) is 24.7. The highest BCUT2D eigenvalue weighted by molar-refractivity contribution is 6.03. The van der Waals surface area contributed by atoms with Gasteiger partial charge in [-0.1, -0.05) is 6.07 Å². The maximum atomic E-state index is 12.4. The number of nitrogens with one attached hydrogen (secondary N) is 2. The normalized spacial score (nSPS) is 11.8. The van der Waals surface area contributed by atoms with Crippen molar-refractivity contribution in [3.8, 4) is 0 Å². The molecule has 0 spiro atoms. The van der Waals surface area contributed by atoms with E-state index in [0.29, 0.717) is 17.1 Å². The minimum absolute atomic E-state index is 0.195. The molecule has 8 nitrogen and oxygen atoms in total. The van der Waals surface area contributed by atoms with Gasteiger partial charge in [-0.25, -0.2) is 0 Å². The van der Waals surface area contributed by atoms with Crippen LogP contribution in [0.15, 0.2) is 48.8 Å². The summed E-state index contributed by atoms with van der Waals surface area (Å²) in [7, 11) is 1.72. The Kier molecular flexibility index (Phi) is 4.83. The number of hydrogen-bond acceptors (Lipinski definition) is 4. The van der Waals surface area contributed by atoms with E-state index in [2.05, 4.69) is 20.8 Å². The molecule has 1 atom stereocenters. The first-order valence-electron chi connectivity index (χ1n) is 8.16. The van der Waals surface area contributed by atoms with Crippen molar-refractivity contribution in [1.82, 2.24) is 19.6 Å². The second kappa shape index (κ2) is 7.22. The standard InChI is InChI=1S/C18H20N6O2/c1-12-10-16(23(3)22-12)18(26)21-15-7-4-6-14(11-15)20-17(25)13(2)24-9-5-8-19-24/h4-11,13H,1-3H3,(H,20,25)(H,21,26). The molecule has 134 valence electrons. The zero-order valence-electron chi connectivity index (χ0n) is 14.8. The second-order valence-electron chi connectivity index (χ2n) is 5.98. The maximum Gasteiger partial charge on any atom is 0.273 e. The van der Waals surface area contributed by atoms with Gasteiger partial charge in [-0.05, 0) is 44.2 Å². The number of aryl methyl sites for hydroxylation is 2. The molecule has 3 aromatic rings. The highest BCUT2D eigenvalue weighted by Crippen LogP contribution is 2.18. The van der Waals surface area contributed by atoms with E-state index in [0.717, 1.165) is 5.69 Å². The van der Waals surface area contributed by atoms with Crippen LogP contribution in [0.5, 0.6) is 0 Å². The summed E-state index contributed by atoms with van der Waals surface area (Å²) in [6.45, 7) is 3.59. The molecule has 0 aliphatic rings. The SMILES string of the molecule is Cc1cc(C(=O)Nc2cccc(NC(=O)C(C)n3cccn3)c2)n(C)n1. The predicted molar refractivity (Wildman–Crippen MR) is 97.9 cm³/mol. The van der Waals surface area contributed by atoms with Crippen molar-refractivity contribution < 1.29 is 9.59 Å². The number of hydrogen-bond donors (Lipinski definition) is 2. The zero-order chi connectivity index (χ0) is 18.7. The van der Waals surface area contributed by atoms with E-state index in [4.69, 9.17) is 0 Å². The van der Waals surface area contributed by atoms with E-state index < -0.39 is 6.04 Å². The molecule has 0 bridgehead atoms. The molecule has 0 fully saturated rings. The summed E-state index contributed by atoms with van der Waals surface area (Å²) in [5.74, 6) is -0.457. The van der Waals surface area contributed by atoms with Crippen molar-refractivity contribution in [2.45, 2.75) is 19.9 Å². The summed E-state index contributed by atoms with van der Waals surface area (Å²) in [6, 6.07) is 10.0. The molecule has 26 heavy (non-hydrogen) atoms. The molecular formula is C18H20N6O2. The van der Waals surface area contributed by atoms with Crippen LogP contribution >= 0.6 is 0 Å². The van der Waals surface area contributed by atoms with Crippen LogP contribution in [0.2, 0.25) is 0 Å². The van der Waals surface area contributed by atoms with Crippen LogP contribution in [-0.2, 0) is 11.8 Å². The summed E-state index contributed by atoms with van der Waals surface area (Å²) < 4.78 is 3.10. The van der Waals surface area contributed by atoms with Crippen molar-refractivity contribution in [2.75, 3.05) is 10.6 Å². The topological polar surface area (TPSA) is 93.8 Å². The molecule has 2 amide bonds. The van der Waals surface area contributed by atoms with Gasteiger partial charge in [0.1, 0.15) is 11.7 Å². The first-order chi connectivity index (χ1) is 12.4. The van der Waals surface area contributed by atoms with Gasteiger partial charge in [-0.2, -0.15) is 10.2 Å². The lowest BCUT2D eigenvalue weighted by molar-refractivity contribution is -0.119. The van der Waals surface area contributed by atoms with E-state index in [1.165, 1.54) is 4.68 Å². The van der Waals surface area contributed by atoms with Gasteiger partial charge >= 0.3 is 0 Å². The summed E-state index contributed by atoms with van der Waals surface area (Å²) >= 11 is 0. The van der Waals surface area contributed by atoms with E-state index in [9.17, 15) is 9.59 Å². The summed E-state index contributed by atoms with van der Waals surface area (Å²) in [6.07, 6.45) is 3.36. The van der Waals surface area contributed by atoms with Gasteiger partial charge in [0.25, 0.3) is 5.91 Å². The average Bonchev–Trinajstić information content (AvgIpc) is 3.24. The van der Waals surface area contributed by atoms with Gasteiger partial charge in [0.05, 0.1) is 5.69 Å². The smallest absolute Gasteiger partial charge is 0.273 e. The predicted octanol–water partition coefficient (Wildman–Crippen LogP) is 2.38. The minimum Gasteiger partial charge on any atom is -0.324 e. The van der Waals surface area contributed by atoms with Gasteiger partial charge in [0.15, 0.2) is 0 Å². The summed E-state index contributed by atoms with van der Waals surface area (Å²) in [5.41, 5.74) is 2.40. The Balaban J connectivity index is 1.69. The molecule has 3 rings (SSSR count). The third-order valence-corrected chi connectivity index (χ3v) is 3.92. The van der Waals surface area contributed by atoms with Crippen LogP contribution in [0.4, 0.5) is 11.4 Å². The van der Waals surface area contributed by atoms with Crippen molar-refractivity contribution in [3.63, 3.8) is 0 Å².